The van der Waals surface area contributed by atoms with Gasteiger partial charge in [-0.2, -0.15) is 0 Å². The number of carbonyl (C=O) groups excluding carboxylic acids is 2. The Morgan fingerprint density at radius 1 is 0.595 bits per heavy atom. The van der Waals surface area contributed by atoms with Crippen molar-refractivity contribution in [3.8, 4) is 11.5 Å². The van der Waals surface area contributed by atoms with Gasteiger partial charge in [0.2, 0.25) is 11.8 Å². The van der Waals surface area contributed by atoms with Gasteiger partial charge in [0.15, 0.2) is 0 Å². The molecule has 0 aliphatic rings. The van der Waals surface area contributed by atoms with Gasteiger partial charge < -0.3 is 39.1 Å². The third-order valence-corrected chi connectivity index (χ3v) is 6.03. The predicted octanol–water partition coefficient (Wildman–Crippen LogP) is 3.48. The summed E-state index contributed by atoms with van der Waals surface area (Å²) in [7, 11) is 1.58. The zero-order chi connectivity index (χ0) is 30.1. The highest BCUT2D eigenvalue weighted by atomic mass is 16.5. The molecule has 234 valence electrons. The molecule has 2 aromatic rings. The Morgan fingerprint density at radius 2 is 1.10 bits per heavy atom. The predicted molar refractivity (Wildman–Crippen MR) is 161 cm³/mol. The van der Waals surface area contributed by atoms with Gasteiger partial charge in [0.25, 0.3) is 0 Å². The second-order valence-corrected chi connectivity index (χ2v) is 9.67. The summed E-state index contributed by atoms with van der Waals surface area (Å²) < 4.78 is 33.1. The molecule has 0 radical (unpaired) electrons. The van der Waals surface area contributed by atoms with Crippen LogP contribution in [-0.4, -0.2) is 91.5 Å². The van der Waals surface area contributed by atoms with E-state index < -0.39 is 0 Å². The highest BCUT2D eigenvalue weighted by Gasteiger charge is 2.03. The van der Waals surface area contributed by atoms with Crippen molar-refractivity contribution in [2.45, 2.75) is 39.0 Å². The molecular formula is C32H48N2O8. The number of nitrogens with one attached hydrogen (secondary N) is 2. The van der Waals surface area contributed by atoms with E-state index in [4.69, 9.17) is 28.4 Å². The van der Waals surface area contributed by atoms with E-state index in [1.165, 1.54) is 5.56 Å². The van der Waals surface area contributed by atoms with Crippen LogP contribution in [0.4, 0.5) is 0 Å². The molecule has 2 aromatic carbocycles. The molecule has 0 heterocycles. The maximum Gasteiger partial charge on any atom is 0.246 e. The van der Waals surface area contributed by atoms with E-state index in [0.717, 1.165) is 49.2 Å². The molecule has 0 fully saturated rings. The zero-order valence-corrected chi connectivity index (χ0v) is 25.2. The summed E-state index contributed by atoms with van der Waals surface area (Å²) in [5.41, 5.74) is 2.34. The maximum absolute atomic E-state index is 12.0. The SMILES string of the molecule is CNC(=O)COCCOCCCCOc1ccc(CCNC(=O)COCCCOCCCOc2ccc(C)cc2)cc1. The van der Waals surface area contributed by atoms with Gasteiger partial charge in [0, 0.05) is 46.4 Å². The average molecular weight is 589 g/mol. The highest BCUT2D eigenvalue weighted by molar-refractivity contribution is 5.77. The Morgan fingerprint density at radius 3 is 1.81 bits per heavy atom. The van der Waals surface area contributed by atoms with Crippen molar-refractivity contribution in [2.75, 3.05) is 79.7 Å². The first kappa shape index (κ1) is 35.0. The Hall–Kier alpha value is -3.18. The molecule has 2 amide bonds. The fraction of sp³-hybridized carbons (Fsp3) is 0.562. The number of hydrogen-bond acceptors (Lipinski definition) is 8. The lowest BCUT2D eigenvalue weighted by Crippen LogP contribution is -2.29. The van der Waals surface area contributed by atoms with Crippen LogP contribution in [0.5, 0.6) is 11.5 Å². The van der Waals surface area contributed by atoms with Crippen LogP contribution in [0.3, 0.4) is 0 Å². The fourth-order valence-electron chi connectivity index (χ4n) is 3.62. The molecule has 0 aliphatic carbocycles. The van der Waals surface area contributed by atoms with E-state index in [-0.39, 0.29) is 25.0 Å². The van der Waals surface area contributed by atoms with Crippen molar-refractivity contribution in [3.63, 3.8) is 0 Å². The number of ether oxygens (including phenoxy) is 6. The van der Waals surface area contributed by atoms with E-state index in [0.29, 0.717) is 59.4 Å². The highest BCUT2D eigenvalue weighted by Crippen LogP contribution is 2.13. The van der Waals surface area contributed by atoms with Crippen molar-refractivity contribution >= 4 is 11.8 Å². The van der Waals surface area contributed by atoms with E-state index in [9.17, 15) is 9.59 Å². The summed E-state index contributed by atoms with van der Waals surface area (Å²) in [6.07, 6.45) is 4.06. The molecule has 0 unspecified atom stereocenters. The Bertz CT molecular complexity index is 969. The van der Waals surface area contributed by atoms with Crippen molar-refractivity contribution in [1.29, 1.82) is 0 Å². The van der Waals surface area contributed by atoms with Gasteiger partial charge in [0.05, 0.1) is 26.4 Å². The third kappa shape index (κ3) is 18.3. The normalized spacial score (nSPS) is 10.8. The van der Waals surface area contributed by atoms with Crippen molar-refractivity contribution in [2.24, 2.45) is 0 Å². The Kier molecular flexibility index (Phi) is 19.5. The molecule has 0 bridgehead atoms. The van der Waals surface area contributed by atoms with Crippen LogP contribution in [0, 0.1) is 6.92 Å². The minimum Gasteiger partial charge on any atom is -0.494 e. The molecule has 0 saturated heterocycles. The first-order chi connectivity index (χ1) is 20.6. The third-order valence-electron chi connectivity index (χ3n) is 6.03. The topological polar surface area (TPSA) is 114 Å². The standard InChI is InChI=1S/C32H48N2O8/c1-27-7-11-29(12-8-27)42-22-6-19-37-18-5-20-39-26-32(36)34-16-15-28-9-13-30(14-10-28)41-21-4-3-17-38-23-24-40-25-31(35)33-2/h7-14H,3-6,15-26H2,1-2H3,(H,33,35)(H,34,36). The van der Waals surface area contributed by atoms with E-state index in [1.807, 2.05) is 48.5 Å². The molecule has 10 nitrogen and oxygen atoms in total. The largest absolute Gasteiger partial charge is 0.494 e. The summed E-state index contributed by atoms with van der Waals surface area (Å²) >= 11 is 0. The number of benzene rings is 2. The maximum atomic E-state index is 12.0. The molecule has 0 aromatic heterocycles. The van der Waals surface area contributed by atoms with Crippen molar-refractivity contribution in [3.05, 3.63) is 59.7 Å². The number of likely N-dealkylation sites (N-methyl/N-ethyl adjacent to an activating group) is 1. The smallest absolute Gasteiger partial charge is 0.246 e. The number of carbonyl (C=O) groups is 2. The lowest BCUT2D eigenvalue weighted by molar-refractivity contribution is -0.126. The monoisotopic (exact) mass is 588 g/mol. The van der Waals surface area contributed by atoms with Gasteiger partial charge in [-0.1, -0.05) is 29.8 Å². The van der Waals surface area contributed by atoms with Gasteiger partial charge in [-0.25, -0.2) is 0 Å². The van der Waals surface area contributed by atoms with Gasteiger partial charge >= 0.3 is 0 Å². The molecule has 0 atom stereocenters. The van der Waals surface area contributed by atoms with E-state index >= 15 is 0 Å². The first-order valence-corrected chi connectivity index (χ1v) is 14.8. The van der Waals surface area contributed by atoms with Gasteiger partial charge in [-0.3, -0.25) is 9.59 Å². The van der Waals surface area contributed by atoms with Crippen LogP contribution >= 0.6 is 0 Å². The van der Waals surface area contributed by atoms with Crippen molar-refractivity contribution in [1.82, 2.24) is 10.6 Å². The minimum atomic E-state index is -0.144. The fourth-order valence-corrected chi connectivity index (χ4v) is 3.62. The average Bonchev–Trinajstić information content (AvgIpc) is 3.00. The van der Waals surface area contributed by atoms with Crippen LogP contribution in [-0.2, 0) is 35.0 Å². The first-order valence-electron chi connectivity index (χ1n) is 14.8. The van der Waals surface area contributed by atoms with Crippen LogP contribution < -0.4 is 20.1 Å². The van der Waals surface area contributed by atoms with Crippen LogP contribution in [0.15, 0.2) is 48.5 Å². The summed E-state index contributed by atoms with van der Waals surface area (Å²) in [6.45, 7) is 7.15. The summed E-state index contributed by atoms with van der Waals surface area (Å²) in [4.78, 5) is 23.0. The van der Waals surface area contributed by atoms with Gasteiger partial charge in [-0.15, -0.1) is 0 Å². The summed E-state index contributed by atoms with van der Waals surface area (Å²) in [6, 6.07) is 15.9. The quantitative estimate of drug-likeness (QED) is 0.170. The molecule has 10 heteroatoms. The molecule has 2 rings (SSSR count). The number of hydrogen-bond donors (Lipinski definition) is 2. The number of unbranched alkanes of at least 4 members (excludes halogenated alkanes) is 1. The van der Waals surface area contributed by atoms with E-state index in [1.54, 1.807) is 7.05 Å². The van der Waals surface area contributed by atoms with E-state index in [2.05, 4.69) is 17.6 Å². The Balaban J connectivity index is 1.36. The molecule has 2 N–H and O–H groups in total. The number of rotatable bonds is 25. The molecule has 0 saturated carbocycles. The zero-order valence-electron chi connectivity index (χ0n) is 25.2. The van der Waals surface area contributed by atoms with Crippen LogP contribution in [0.1, 0.15) is 36.8 Å². The molecule has 0 aliphatic heterocycles. The number of amides is 2. The lowest BCUT2D eigenvalue weighted by Gasteiger charge is -2.09. The molecule has 0 spiro atoms. The van der Waals surface area contributed by atoms with Crippen LogP contribution in [0.2, 0.25) is 0 Å². The summed E-state index contributed by atoms with van der Waals surface area (Å²) in [5.74, 6) is 1.43. The van der Waals surface area contributed by atoms with Crippen LogP contribution in [0.25, 0.3) is 0 Å². The molecule has 42 heavy (non-hydrogen) atoms. The van der Waals surface area contributed by atoms with Gasteiger partial charge in [0.1, 0.15) is 24.7 Å². The second kappa shape index (κ2) is 23.4. The van der Waals surface area contributed by atoms with Crippen molar-refractivity contribution < 1.29 is 38.0 Å². The molecular weight excluding hydrogens is 540 g/mol. The second-order valence-electron chi connectivity index (χ2n) is 9.67. The lowest BCUT2D eigenvalue weighted by atomic mass is 10.1. The Labute approximate surface area is 250 Å². The summed E-state index contributed by atoms with van der Waals surface area (Å²) in [5, 5.41) is 5.38. The van der Waals surface area contributed by atoms with Gasteiger partial charge in [-0.05, 0) is 62.4 Å². The number of aryl methyl sites for hydroxylation is 1. The minimum absolute atomic E-state index is 0.0493.